The molecular formula is C18H48GeSi4. The van der Waals surface area contributed by atoms with Crippen LogP contribution < -0.4 is 0 Å². The number of rotatable bonds is 6. The normalized spacial score (nSPS) is 14.1. The summed E-state index contributed by atoms with van der Waals surface area (Å²) in [4.78, 5) is 0. The topological polar surface area (TPSA) is 0 Å². The maximum Gasteiger partial charge on any atom is 0.0306 e. The zero-order chi connectivity index (χ0) is 19.4. The molecule has 0 aromatic rings. The molecule has 0 bridgehead atoms. The molecule has 0 saturated carbocycles. The van der Waals surface area contributed by atoms with Crippen molar-refractivity contribution in [2.75, 3.05) is 0 Å². The molecule has 0 heterocycles. The molecule has 5 heteroatoms. The largest absolute Gasteiger partial charge is 0.0721 e. The van der Waals surface area contributed by atoms with Crippen LogP contribution in [0, 0.1) is 0 Å². The van der Waals surface area contributed by atoms with Gasteiger partial charge in [-0.1, -0.05) is 58.9 Å². The van der Waals surface area contributed by atoms with E-state index in [0.717, 1.165) is 14.3 Å². The second-order valence-electron chi connectivity index (χ2n) is 11.1. The monoisotopic (exact) mass is 450 g/mol. The maximum absolute atomic E-state index is 2.61. The Balaban J connectivity index is 0. The van der Waals surface area contributed by atoms with Gasteiger partial charge in [-0.15, -0.1) is 0 Å². The summed E-state index contributed by atoms with van der Waals surface area (Å²) in [5, 5.41) is 0. The third-order valence-corrected chi connectivity index (χ3v) is 71.1. The van der Waals surface area contributed by atoms with Gasteiger partial charge < -0.3 is 0 Å². The van der Waals surface area contributed by atoms with Gasteiger partial charge in [0.05, 0.1) is 0 Å². The molecule has 140 valence electrons. The molecule has 0 rings (SSSR count). The Morgan fingerprint density at radius 3 is 0.652 bits per heavy atom. The molecule has 0 saturated heterocycles. The molecule has 0 spiro atoms. The molecule has 0 aromatic carbocycles. The summed E-state index contributed by atoms with van der Waals surface area (Å²) in [5.41, 5.74) is 0. The van der Waals surface area contributed by atoms with Gasteiger partial charge in [0.25, 0.3) is 0 Å². The van der Waals surface area contributed by atoms with E-state index in [1.807, 2.05) is 0 Å². The van der Waals surface area contributed by atoms with Crippen molar-refractivity contribution >= 4 is 44.5 Å². The van der Waals surface area contributed by atoms with Gasteiger partial charge in [0.2, 0.25) is 0 Å². The molecule has 0 unspecified atom stereocenters. The Morgan fingerprint density at radius 1 is 0.478 bits per heavy atom. The second-order valence-corrected chi connectivity index (χ2v) is 57.2. The summed E-state index contributed by atoms with van der Waals surface area (Å²) >= 11 is -0.722. The standard InChI is InChI=1S/C9H21Ge.C9H27Si4/c1-7(2)10(8(3)4)9(5)6;1-11(2,3)10(12(4,5)6)13(7,8)9/h7-9H,1-6H3;1-9H3. The van der Waals surface area contributed by atoms with Gasteiger partial charge >= 0.3 is 70.1 Å². The van der Waals surface area contributed by atoms with Crippen molar-refractivity contribution in [3.05, 3.63) is 0 Å². The third-order valence-electron chi connectivity index (χ3n) is 4.25. The summed E-state index contributed by atoms with van der Waals surface area (Å²) in [6.07, 6.45) is 0. The van der Waals surface area contributed by atoms with Crippen molar-refractivity contribution in [3.8, 4) is 0 Å². The van der Waals surface area contributed by atoms with Gasteiger partial charge in [0.1, 0.15) is 0 Å². The van der Waals surface area contributed by atoms with Crippen molar-refractivity contribution in [1.82, 2.24) is 0 Å². The van der Waals surface area contributed by atoms with Gasteiger partial charge in [0, 0.05) is 30.1 Å². The minimum atomic E-state index is -0.832. The van der Waals surface area contributed by atoms with Crippen LogP contribution in [0.1, 0.15) is 41.5 Å². The van der Waals surface area contributed by atoms with Crippen molar-refractivity contribution in [1.29, 1.82) is 0 Å². The van der Waals surface area contributed by atoms with Crippen LogP contribution in [0.4, 0.5) is 0 Å². The van der Waals surface area contributed by atoms with Crippen LogP contribution in [0.5, 0.6) is 0 Å². The number of hydrogen-bond acceptors (Lipinski definition) is 0. The molecule has 0 amide bonds. The van der Waals surface area contributed by atoms with Crippen molar-refractivity contribution in [3.63, 3.8) is 0 Å². The quantitative estimate of drug-likeness (QED) is 0.370. The Hall–Kier alpha value is 1.41. The van der Waals surface area contributed by atoms with Crippen LogP contribution in [0.15, 0.2) is 0 Å². The predicted molar refractivity (Wildman–Crippen MR) is 127 cm³/mol. The summed E-state index contributed by atoms with van der Waals surface area (Å²) < 4.78 is 3.00. The minimum absolute atomic E-state index is 0.0255. The zero-order valence-corrected chi connectivity index (χ0v) is 25.3. The van der Waals surface area contributed by atoms with E-state index in [-0.39, 0.29) is 7.35 Å². The fraction of sp³-hybridized carbons (Fsp3) is 1.00. The first kappa shape index (κ1) is 26.6. The van der Waals surface area contributed by atoms with Crippen LogP contribution >= 0.6 is 0 Å². The summed E-state index contributed by atoms with van der Waals surface area (Å²) in [7, 11) is -2.47. The first-order valence-corrected chi connectivity index (χ1v) is 28.2. The van der Waals surface area contributed by atoms with E-state index in [2.05, 4.69) is 100 Å². The smallest absolute Gasteiger partial charge is 0.0306 e. The molecule has 2 radical (unpaired) electrons. The van der Waals surface area contributed by atoms with E-state index in [0.29, 0.717) is 0 Å². The fourth-order valence-corrected chi connectivity index (χ4v) is 102. The summed E-state index contributed by atoms with van der Waals surface area (Å²) in [6, 6.07) is 0. The van der Waals surface area contributed by atoms with Crippen LogP contribution in [0.25, 0.3) is 0 Å². The van der Waals surface area contributed by atoms with Gasteiger partial charge in [0.15, 0.2) is 0 Å². The predicted octanol–water partition coefficient (Wildman–Crippen LogP) is 7.44. The average Bonchev–Trinajstić information content (AvgIpc) is 2.05. The summed E-state index contributed by atoms with van der Waals surface area (Å²) in [6.45, 7) is 37.9. The molecule has 0 atom stereocenters. The van der Waals surface area contributed by atoms with Crippen molar-refractivity contribution in [2.45, 2.75) is 115 Å². The Bertz CT molecular complexity index is 267. The average molecular weight is 450 g/mol. The molecule has 0 N–H and O–H groups in total. The maximum atomic E-state index is 2.61. The molecule has 0 nitrogen and oxygen atoms in total. The molecule has 0 aliphatic rings. The van der Waals surface area contributed by atoms with Gasteiger partial charge in [-0.3, -0.25) is 0 Å². The SMILES string of the molecule is C[CH](C)[Ge]([CH](C)C)[CH](C)C.C[Si](C)(C)[Si]([Si](C)(C)C)[Si](C)(C)C. The van der Waals surface area contributed by atoms with Gasteiger partial charge in [-0.25, -0.2) is 0 Å². The van der Waals surface area contributed by atoms with Crippen LogP contribution in [0.3, 0.4) is 0 Å². The Morgan fingerprint density at radius 2 is 0.652 bits per heavy atom. The van der Waals surface area contributed by atoms with E-state index in [1.165, 1.54) is 0 Å². The molecule has 0 aliphatic heterocycles. The minimum Gasteiger partial charge on any atom is -0.0721 e. The van der Waals surface area contributed by atoms with Crippen molar-refractivity contribution < 1.29 is 0 Å². The molecule has 0 aromatic heterocycles. The Kier molecular flexibility index (Phi) is 11.5. The fourth-order valence-electron chi connectivity index (χ4n) is 5.38. The van der Waals surface area contributed by atoms with Crippen molar-refractivity contribution in [2.24, 2.45) is 0 Å². The molecule has 0 aliphatic carbocycles. The summed E-state index contributed by atoms with van der Waals surface area (Å²) in [5.74, 6) is 0. The molecule has 0 fully saturated rings. The van der Waals surface area contributed by atoms with E-state index < -0.39 is 37.1 Å². The third kappa shape index (κ3) is 10.9. The van der Waals surface area contributed by atoms with E-state index >= 15 is 0 Å². The number of hydrogen-bond donors (Lipinski definition) is 0. The van der Waals surface area contributed by atoms with Gasteiger partial charge in [-0.05, 0) is 0 Å². The second kappa shape index (κ2) is 9.93. The van der Waals surface area contributed by atoms with Gasteiger partial charge in [-0.2, -0.15) is 0 Å². The molecular weight excluding hydrogens is 401 g/mol. The molecule has 23 heavy (non-hydrogen) atoms. The van der Waals surface area contributed by atoms with E-state index in [9.17, 15) is 0 Å². The zero-order valence-electron chi connectivity index (χ0n) is 19.2. The first-order valence-electron chi connectivity index (χ1n) is 9.58. The van der Waals surface area contributed by atoms with Crippen LogP contribution in [-0.4, -0.2) is 44.5 Å². The first-order chi connectivity index (χ1) is 9.83. The van der Waals surface area contributed by atoms with Crippen LogP contribution in [-0.2, 0) is 0 Å². The van der Waals surface area contributed by atoms with E-state index in [1.54, 1.807) is 0 Å². The van der Waals surface area contributed by atoms with Crippen LogP contribution in [0.2, 0.25) is 73.2 Å². The Labute approximate surface area is 158 Å². The van der Waals surface area contributed by atoms with E-state index in [4.69, 9.17) is 0 Å².